The lowest BCUT2D eigenvalue weighted by molar-refractivity contribution is 0.0594. The summed E-state index contributed by atoms with van der Waals surface area (Å²) in [6.45, 7) is 5.96. The molecule has 0 saturated carbocycles. The van der Waals surface area contributed by atoms with Crippen LogP contribution in [-0.4, -0.2) is 36.8 Å². The number of carbonyl (C=O) groups excluding carboxylic acids is 2. The van der Waals surface area contributed by atoms with Crippen LogP contribution in [0.2, 0.25) is 0 Å². The van der Waals surface area contributed by atoms with E-state index in [1.54, 1.807) is 31.2 Å². The molecule has 7 heteroatoms. The van der Waals surface area contributed by atoms with E-state index in [0.717, 1.165) is 11.1 Å². The average molecular weight is 503 g/mol. The molecule has 6 rings (SSSR count). The van der Waals surface area contributed by atoms with Crippen molar-refractivity contribution in [2.24, 2.45) is 0 Å². The minimum atomic E-state index is -0.738. The van der Waals surface area contributed by atoms with Crippen LogP contribution >= 0.6 is 0 Å². The fourth-order valence-corrected chi connectivity index (χ4v) is 5.16. The van der Waals surface area contributed by atoms with Crippen LogP contribution in [0.5, 0.6) is 5.75 Å². The highest BCUT2D eigenvalue weighted by Gasteiger charge is 2.40. The summed E-state index contributed by atoms with van der Waals surface area (Å²) in [5.41, 5.74) is 4.43. The van der Waals surface area contributed by atoms with E-state index < -0.39 is 11.5 Å². The van der Waals surface area contributed by atoms with E-state index in [4.69, 9.17) is 0 Å². The van der Waals surface area contributed by atoms with E-state index in [1.807, 2.05) is 54.6 Å². The molecule has 1 aromatic heterocycles. The fourth-order valence-electron chi connectivity index (χ4n) is 5.16. The molecule has 2 heterocycles. The van der Waals surface area contributed by atoms with Gasteiger partial charge in [0.2, 0.25) is 0 Å². The zero-order valence-corrected chi connectivity index (χ0v) is 21.3. The Morgan fingerprint density at radius 2 is 1.26 bits per heavy atom. The van der Waals surface area contributed by atoms with Crippen LogP contribution in [-0.2, 0) is 5.41 Å². The van der Waals surface area contributed by atoms with Crippen LogP contribution in [0.3, 0.4) is 0 Å². The lowest BCUT2D eigenvalue weighted by atomic mass is 9.77. The third-order valence-corrected chi connectivity index (χ3v) is 7.50. The van der Waals surface area contributed by atoms with E-state index in [1.165, 1.54) is 9.70 Å². The summed E-state index contributed by atoms with van der Waals surface area (Å²) in [7, 11) is 0. The fraction of sp³-hybridized carbons (Fsp3) is 0.161. The molecule has 0 saturated heterocycles. The van der Waals surface area contributed by atoms with Gasteiger partial charge in [-0.05, 0) is 54.4 Å². The molecule has 5 aromatic rings. The zero-order valence-electron chi connectivity index (χ0n) is 21.3. The van der Waals surface area contributed by atoms with Gasteiger partial charge < -0.3 is 5.11 Å². The molecule has 0 bridgehead atoms. The SMILES string of the molecule is CC(c1cc(C(C)(C)c2ccccc2)cc(-n2nc3ccccc3n2)c1O)N1C(=O)c2ccccc2C1=O. The second-order valence-electron chi connectivity index (χ2n) is 10.1. The predicted molar refractivity (Wildman–Crippen MR) is 144 cm³/mol. The van der Waals surface area contributed by atoms with E-state index in [2.05, 4.69) is 36.2 Å². The summed E-state index contributed by atoms with van der Waals surface area (Å²) in [5.74, 6) is -0.841. The molecule has 2 amide bonds. The van der Waals surface area contributed by atoms with Crippen molar-refractivity contribution >= 4 is 22.8 Å². The number of carbonyl (C=O) groups is 2. The molecule has 4 aromatic carbocycles. The van der Waals surface area contributed by atoms with Gasteiger partial charge >= 0.3 is 0 Å². The summed E-state index contributed by atoms with van der Waals surface area (Å²) in [6.07, 6.45) is 0. The lowest BCUT2D eigenvalue weighted by Gasteiger charge is -2.30. The number of imide groups is 1. The van der Waals surface area contributed by atoms with Crippen molar-refractivity contribution in [3.05, 3.63) is 119 Å². The van der Waals surface area contributed by atoms with Crippen molar-refractivity contribution in [2.75, 3.05) is 0 Å². The topological polar surface area (TPSA) is 88.3 Å². The van der Waals surface area contributed by atoms with Gasteiger partial charge in [-0.3, -0.25) is 14.5 Å². The van der Waals surface area contributed by atoms with Crippen LogP contribution in [0.15, 0.2) is 91.0 Å². The lowest BCUT2D eigenvalue weighted by Crippen LogP contribution is -2.33. The van der Waals surface area contributed by atoms with Crippen LogP contribution in [0, 0.1) is 0 Å². The number of hydrogen-bond donors (Lipinski definition) is 1. The summed E-state index contributed by atoms with van der Waals surface area (Å²) in [6, 6.07) is 27.3. The molecule has 0 aliphatic carbocycles. The Hall–Kier alpha value is -4.78. The van der Waals surface area contributed by atoms with Gasteiger partial charge in [0.05, 0.1) is 17.2 Å². The van der Waals surface area contributed by atoms with Gasteiger partial charge in [-0.25, -0.2) is 0 Å². The smallest absolute Gasteiger partial charge is 0.262 e. The van der Waals surface area contributed by atoms with Gasteiger partial charge in [0.1, 0.15) is 22.5 Å². The third-order valence-electron chi connectivity index (χ3n) is 7.50. The normalized spacial score (nSPS) is 14.2. The summed E-state index contributed by atoms with van der Waals surface area (Å²) < 4.78 is 0. The molecule has 1 N–H and O–H groups in total. The highest BCUT2D eigenvalue weighted by Crippen LogP contribution is 2.42. The highest BCUT2D eigenvalue weighted by molar-refractivity contribution is 6.21. The summed E-state index contributed by atoms with van der Waals surface area (Å²) in [4.78, 5) is 29.2. The quantitative estimate of drug-likeness (QED) is 0.307. The Morgan fingerprint density at radius 3 is 1.84 bits per heavy atom. The molecule has 1 aliphatic heterocycles. The third kappa shape index (κ3) is 3.58. The molecule has 1 unspecified atom stereocenters. The minimum absolute atomic E-state index is 0.0815. The van der Waals surface area contributed by atoms with Crippen molar-refractivity contribution in [1.82, 2.24) is 19.9 Å². The number of fused-ring (bicyclic) bond motifs is 2. The molecule has 0 radical (unpaired) electrons. The maximum Gasteiger partial charge on any atom is 0.262 e. The maximum absolute atomic E-state index is 13.3. The molecule has 1 aliphatic rings. The van der Waals surface area contributed by atoms with Gasteiger partial charge in [-0.2, -0.15) is 0 Å². The van der Waals surface area contributed by atoms with Gasteiger partial charge in [0, 0.05) is 11.0 Å². The Labute approximate surface area is 220 Å². The summed E-state index contributed by atoms with van der Waals surface area (Å²) in [5, 5.41) is 20.8. The molecule has 38 heavy (non-hydrogen) atoms. The Balaban J connectivity index is 1.54. The average Bonchev–Trinajstić information content (AvgIpc) is 3.47. The molecule has 188 valence electrons. The zero-order chi connectivity index (χ0) is 26.6. The Morgan fingerprint density at radius 1 is 0.737 bits per heavy atom. The van der Waals surface area contributed by atoms with Gasteiger partial charge in [0.25, 0.3) is 11.8 Å². The predicted octanol–water partition coefficient (Wildman–Crippen LogP) is 5.81. The number of rotatable bonds is 5. The van der Waals surface area contributed by atoms with Crippen molar-refractivity contribution in [3.63, 3.8) is 0 Å². The highest BCUT2D eigenvalue weighted by atomic mass is 16.3. The number of nitrogens with zero attached hydrogens (tertiary/aromatic N) is 4. The minimum Gasteiger partial charge on any atom is -0.505 e. The molecular weight excluding hydrogens is 476 g/mol. The number of amides is 2. The van der Waals surface area contributed by atoms with E-state index >= 15 is 0 Å². The second-order valence-corrected chi connectivity index (χ2v) is 10.1. The van der Waals surface area contributed by atoms with Crippen molar-refractivity contribution in [3.8, 4) is 11.4 Å². The number of benzene rings is 4. The molecule has 1 atom stereocenters. The van der Waals surface area contributed by atoms with Crippen LogP contribution in [0.25, 0.3) is 16.7 Å². The molecule has 0 fully saturated rings. The van der Waals surface area contributed by atoms with Gasteiger partial charge in [-0.15, -0.1) is 15.0 Å². The van der Waals surface area contributed by atoms with E-state index in [0.29, 0.717) is 33.4 Å². The molecule has 7 nitrogen and oxygen atoms in total. The van der Waals surface area contributed by atoms with Crippen LogP contribution < -0.4 is 0 Å². The molecule has 0 spiro atoms. The number of hydrogen-bond acceptors (Lipinski definition) is 5. The van der Waals surface area contributed by atoms with E-state index in [9.17, 15) is 14.7 Å². The van der Waals surface area contributed by atoms with Gasteiger partial charge in [-0.1, -0.05) is 68.4 Å². The van der Waals surface area contributed by atoms with Crippen molar-refractivity contribution in [1.29, 1.82) is 0 Å². The largest absolute Gasteiger partial charge is 0.505 e. The van der Waals surface area contributed by atoms with Crippen molar-refractivity contribution in [2.45, 2.75) is 32.2 Å². The first kappa shape index (κ1) is 23.6. The first-order chi connectivity index (χ1) is 18.3. The Kier molecular flexibility index (Phi) is 5.38. The first-order valence-corrected chi connectivity index (χ1v) is 12.5. The number of phenols is 1. The maximum atomic E-state index is 13.3. The first-order valence-electron chi connectivity index (χ1n) is 12.5. The standard InChI is InChI=1S/C31H26N4O3/c1-19(34-29(37)22-13-7-8-14-23(22)30(34)38)24-17-21(31(2,3)20-11-5-4-6-12-20)18-27(28(24)36)35-32-25-15-9-10-16-26(25)33-35/h4-19,36H,1-3H3. The Bertz CT molecular complexity index is 1650. The summed E-state index contributed by atoms with van der Waals surface area (Å²) >= 11 is 0. The monoisotopic (exact) mass is 502 g/mol. The van der Waals surface area contributed by atoms with Crippen molar-refractivity contribution < 1.29 is 14.7 Å². The van der Waals surface area contributed by atoms with Crippen LogP contribution in [0.4, 0.5) is 0 Å². The van der Waals surface area contributed by atoms with Crippen LogP contribution in [0.1, 0.15) is 64.2 Å². The second kappa shape index (κ2) is 8.66. The number of aromatic nitrogens is 3. The van der Waals surface area contributed by atoms with Gasteiger partial charge in [0.15, 0.2) is 0 Å². The van der Waals surface area contributed by atoms with E-state index in [-0.39, 0.29) is 17.6 Å². The number of phenolic OH excluding ortho intramolecular Hbond substituents is 1. The number of aromatic hydroxyl groups is 1. The molecular formula is C31H26N4O3.